The molecular formula is C13H14N2O3. The molecule has 94 valence electrons. The van der Waals surface area contributed by atoms with Gasteiger partial charge in [0.1, 0.15) is 6.61 Å². The van der Waals surface area contributed by atoms with Crippen LogP contribution in [0.25, 0.3) is 0 Å². The third-order valence-electron chi connectivity index (χ3n) is 2.27. The maximum absolute atomic E-state index is 11.5. The number of carbonyl (C=O) groups excluding carboxylic acids is 1. The molecule has 0 aliphatic rings. The summed E-state index contributed by atoms with van der Waals surface area (Å²) in [5.74, 6) is -0.653. The van der Waals surface area contributed by atoms with Crippen molar-refractivity contribution in [2.75, 3.05) is 0 Å². The number of esters is 1. The molecule has 5 nitrogen and oxygen atoms in total. The molecule has 0 radical (unpaired) electrons. The van der Waals surface area contributed by atoms with E-state index in [2.05, 4.69) is 5.16 Å². The van der Waals surface area contributed by atoms with Crippen LogP contribution in [0.2, 0.25) is 0 Å². The molecule has 0 aliphatic carbocycles. The standard InChI is InChI=1S/C13H14N2O3/c14-9-5-4-8-12(15-17)13(16)18-10-11-6-2-1-3-7-11/h1-3,6-7,17H,4-5,8,10H2/b15-12-. The van der Waals surface area contributed by atoms with Gasteiger partial charge in [-0.2, -0.15) is 5.26 Å². The normalized spacial score (nSPS) is 10.7. The minimum Gasteiger partial charge on any atom is -0.456 e. The molecule has 0 heterocycles. The topological polar surface area (TPSA) is 82.7 Å². The third kappa shape index (κ3) is 4.66. The molecule has 0 fully saturated rings. The fourth-order valence-corrected chi connectivity index (χ4v) is 1.33. The molecule has 0 bridgehead atoms. The van der Waals surface area contributed by atoms with Gasteiger partial charge in [-0.05, 0) is 12.0 Å². The molecule has 1 N–H and O–H groups in total. The summed E-state index contributed by atoms with van der Waals surface area (Å²) in [5, 5.41) is 20.0. The lowest BCUT2D eigenvalue weighted by Gasteiger charge is -2.05. The van der Waals surface area contributed by atoms with Crippen LogP contribution in [0.1, 0.15) is 24.8 Å². The third-order valence-corrected chi connectivity index (χ3v) is 2.27. The van der Waals surface area contributed by atoms with Gasteiger partial charge in [-0.3, -0.25) is 0 Å². The Bertz CT molecular complexity index is 449. The molecule has 0 atom stereocenters. The largest absolute Gasteiger partial charge is 0.456 e. The fraction of sp³-hybridized carbons (Fsp3) is 0.308. The number of rotatable bonds is 6. The minimum atomic E-state index is -0.653. The van der Waals surface area contributed by atoms with Crippen LogP contribution >= 0.6 is 0 Å². The second-order valence-corrected chi connectivity index (χ2v) is 3.62. The van der Waals surface area contributed by atoms with E-state index in [0.717, 1.165) is 5.56 Å². The number of ether oxygens (including phenoxy) is 1. The minimum absolute atomic E-state index is 0.0545. The lowest BCUT2D eigenvalue weighted by Crippen LogP contribution is -2.17. The first-order chi connectivity index (χ1) is 8.77. The van der Waals surface area contributed by atoms with Crippen molar-refractivity contribution in [3.63, 3.8) is 0 Å². The summed E-state index contributed by atoms with van der Waals surface area (Å²) in [5.41, 5.74) is 0.807. The van der Waals surface area contributed by atoms with Crippen LogP contribution in [-0.4, -0.2) is 16.9 Å². The predicted octanol–water partition coefficient (Wildman–Crippen LogP) is 2.25. The molecule has 0 unspecified atom stereocenters. The second-order valence-electron chi connectivity index (χ2n) is 3.62. The van der Waals surface area contributed by atoms with Crippen molar-refractivity contribution in [1.82, 2.24) is 0 Å². The van der Waals surface area contributed by atoms with E-state index in [1.165, 1.54) is 0 Å². The summed E-state index contributed by atoms with van der Waals surface area (Å²) in [6.07, 6.45) is 1.01. The highest BCUT2D eigenvalue weighted by Crippen LogP contribution is 2.04. The quantitative estimate of drug-likeness (QED) is 0.274. The Morgan fingerprint density at radius 2 is 2.11 bits per heavy atom. The molecule has 0 spiro atoms. The Hall–Kier alpha value is -2.35. The van der Waals surface area contributed by atoms with E-state index >= 15 is 0 Å². The van der Waals surface area contributed by atoms with E-state index in [-0.39, 0.29) is 18.7 Å². The van der Waals surface area contributed by atoms with Crippen LogP contribution in [0.5, 0.6) is 0 Å². The number of carbonyl (C=O) groups is 1. The Labute approximate surface area is 105 Å². The van der Waals surface area contributed by atoms with Crippen LogP contribution in [0.15, 0.2) is 35.5 Å². The van der Waals surface area contributed by atoms with E-state index in [4.69, 9.17) is 15.2 Å². The average molecular weight is 246 g/mol. The van der Waals surface area contributed by atoms with Crippen molar-refractivity contribution in [1.29, 1.82) is 5.26 Å². The summed E-state index contributed by atoms with van der Waals surface area (Å²) in [4.78, 5) is 11.5. The zero-order valence-corrected chi connectivity index (χ0v) is 9.87. The molecule has 18 heavy (non-hydrogen) atoms. The molecule has 1 aromatic rings. The summed E-state index contributed by atoms with van der Waals surface area (Å²) in [6.45, 7) is 0.136. The molecule has 0 aromatic heterocycles. The molecule has 0 saturated heterocycles. The van der Waals surface area contributed by atoms with Gasteiger partial charge in [-0.25, -0.2) is 4.79 Å². The highest BCUT2D eigenvalue weighted by atomic mass is 16.5. The number of hydrogen-bond acceptors (Lipinski definition) is 5. The van der Waals surface area contributed by atoms with Gasteiger partial charge in [0.15, 0.2) is 5.71 Å². The van der Waals surface area contributed by atoms with Crippen LogP contribution in [0.4, 0.5) is 0 Å². The molecule has 5 heteroatoms. The van der Waals surface area contributed by atoms with E-state index in [1.54, 1.807) is 0 Å². The predicted molar refractivity (Wildman–Crippen MR) is 64.9 cm³/mol. The van der Waals surface area contributed by atoms with Gasteiger partial charge >= 0.3 is 5.97 Å². The first-order valence-electron chi connectivity index (χ1n) is 5.57. The maximum atomic E-state index is 11.5. The van der Waals surface area contributed by atoms with Crippen molar-refractivity contribution in [2.24, 2.45) is 5.16 Å². The summed E-state index contributed by atoms with van der Waals surface area (Å²) in [6, 6.07) is 11.2. The van der Waals surface area contributed by atoms with Crippen molar-refractivity contribution < 1.29 is 14.7 Å². The van der Waals surface area contributed by atoms with E-state index < -0.39 is 5.97 Å². The van der Waals surface area contributed by atoms with Crippen LogP contribution in [0, 0.1) is 11.3 Å². The fourth-order valence-electron chi connectivity index (χ4n) is 1.33. The van der Waals surface area contributed by atoms with E-state index in [9.17, 15) is 4.79 Å². The van der Waals surface area contributed by atoms with Gasteiger partial charge < -0.3 is 9.94 Å². The zero-order chi connectivity index (χ0) is 13.2. The number of nitriles is 1. The van der Waals surface area contributed by atoms with Gasteiger partial charge in [-0.15, -0.1) is 0 Å². The Morgan fingerprint density at radius 3 is 2.72 bits per heavy atom. The molecule has 0 saturated carbocycles. The summed E-state index contributed by atoms with van der Waals surface area (Å²) >= 11 is 0. The molecule has 1 rings (SSSR count). The van der Waals surface area contributed by atoms with Crippen molar-refractivity contribution >= 4 is 11.7 Å². The number of hydrogen-bond donors (Lipinski definition) is 1. The summed E-state index contributed by atoms with van der Waals surface area (Å²) < 4.78 is 5.00. The highest BCUT2D eigenvalue weighted by molar-refractivity contribution is 6.36. The zero-order valence-electron chi connectivity index (χ0n) is 9.87. The SMILES string of the molecule is N#CCCC/C(=N/O)C(=O)OCc1ccccc1. The number of benzene rings is 1. The highest BCUT2D eigenvalue weighted by Gasteiger charge is 2.13. The van der Waals surface area contributed by atoms with Crippen LogP contribution in [0.3, 0.4) is 0 Å². The van der Waals surface area contributed by atoms with E-state index in [0.29, 0.717) is 12.8 Å². The summed E-state index contributed by atoms with van der Waals surface area (Å²) in [7, 11) is 0. The smallest absolute Gasteiger partial charge is 0.356 e. The lowest BCUT2D eigenvalue weighted by molar-refractivity contribution is -0.137. The Kier molecular flexibility index (Phi) is 5.98. The lowest BCUT2D eigenvalue weighted by atomic mass is 10.2. The van der Waals surface area contributed by atoms with Crippen molar-refractivity contribution in [3.05, 3.63) is 35.9 Å². The Morgan fingerprint density at radius 1 is 1.39 bits per heavy atom. The van der Waals surface area contributed by atoms with E-state index in [1.807, 2.05) is 36.4 Å². The molecular weight excluding hydrogens is 232 g/mol. The number of oxime groups is 1. The van der Waals surface area contributed by atoms with Gasteiger partial charge in [-0.1, -0.05) is 35.5 Å². The van der Waals surface area contributed by atoms with Gasteiger partial charge in [0.2, 0.25) is 0 Å². The molecule has 0 aliphatic heterocycles. The van der Waals surface area contributed by atoms with Gasteiger partial charge in [0, 0.05) is 12.8 Å². The molecule has 0 amide bonds. The average Bonchev–Trinajstić information content (AvgIpc) is 2.42. The molecule has 1 aromatic carbocycles. The Balaban J connectivity index is 2.42. The number of unbranched alkanes of at least 4 members (excludes halogenated alkanes) is 1. The first kappa shape index (κ1) is 13.7. The monoisotopic (exact) mass is 246 g/mol. The second kappa shape index (κ2) is 7.85. The number of nitrogens with zero attached hydrogens (tertiary/aromatic N) is 2. The van der Waals surface area contributed by atoms with Crippen LogP contribution in [-0.2, 0) is 16.1 Å². The van der Waals surface area contributed by atoms with Crippen molar-refractivity contribution in [2.45, 2.75) is 25.9 Å². The maximum Gasteiger partial charge on any atom is 0.356 e. The van der Waals surface area contributed by atoms with Gasteiger partial charge in [0.25, 0.3) is 0 Å². The first-order valence-corrected chi connectivity index (χ1v) is 5.57. The van der Waals surface area contributed by atoms with Crippen LogP contribution < -0.4 is 0 Å². The van der Waals surface area contributed by atoms with Crippen molar-refractivity contribution in [3.8, 4) is 6.07 Å². The van der Waals surface area contributed by atoms with Gasteiger partial charge in [0.05, 0.1) is 6.07 Å².